The van der Waals surface area contributed by atoms with Gasteiger partial charge < -0.3 is 5.11 Å². The van der Waals surface area contributed by atoms with Gasteiger partial charge in [0, 0.05) is 13.5 Å². The second-order valence-corrected chi connectivity index (χ2v) is 4.05. The van der Waals surface area contributed by atoms with Crippen molar-refractivity contribution < 1.29 is 5.11 Å². The predicted molar refractivity (Wildman–Crippen MR) is 65.3 cm³/mol. The SMILES string of the molecule is CC#N.Cc1ccc2c(c1CCO)CCC2. The van der Waals surface area contributed by atoms with Gasteiger partial charge in [-0.1, -0.05) is 12.1 Å². The third kappa shape index (κ3) is 2.84. The summed E-state index contributed by atoms with van der Waals surface area (Å²) in [6.07, 6.45) is 4.56. The Morgan fingerprint density at radius 2 is 2.06 bits per heavy atom. The summed E-state index contributed by atoms with van der Waals surface area (Å²) in [5.41, 5.74) is 5.77. The molecule has 1 aromatic rings. The highest BCUT2D eigenvalue weighted by atomic mass is 16.2. The third-order valence-corrected chi connectivity index (χ3v) is 3.00. The molecule has 0 fully saturated rings. The largest absolute Gasteiger partial charge is 0.396 e. The summed E-state index contributed by atoms with van der Waals surface area (Å²) in [6.45, 7) is 3.85. The van der Waals surface area contributed by atoms with E-state index in [9.17, 15) is 0 Å². The monoisotopic (exact) mass is 217 g/mol. The van der Waals surface area contributed by atoms with Gasteiger partial charge in [-0.25, -0.2) is 0 Å². The maximum absolute atomic E-state index is 8.98. The second kappa shape index (κ2) is 6.30. The zero-order valence-corrected chi connectivity index (χ0v) is 10.1. The van der Waals surface area contributed by atoms with Gasteiger partial charge in [-0.05, 0) is 54.9 Å². The number of benzene rings is 1. The predicted octanol–water partition coefficient (Wildman–Crippen LogP) is 2.55. The van der Waals surface area contributed by atoms with Crippen LogP contribution in [0.3, 0.4) is 0 Å². The highest BCUT2D eigenvalue weighted by Crippen LogP contribution is 2.27. The molecule has 0 amide bonds. The number of aliphatic hydroxyl groups excluding tert-OH is 1. The first-order valence-corrected chi connectivity index (χ1v) is 5.76. The van der Waals surface area contributed by atoms with E-state index < -0.39 is 0 Å². The van der Waals surface area contributed by atoms with Gasteiger partial charge in [0.25, 0.3) is 0 Å². The van der Waals surface area contributed by atoms with Gasteiger partial charge >= 0.3 is 0 Å². The first-order valence-electron chi connectivity index (χ1n) is 5.76. The van der Waals surface area contributed by atoms with E-state index in [1.807, 2.05) is 0 Å². The Morgan fingerprint density at radius 3 is 2.69 bits per heavy atom. The average molecular weight is 217 g/mol. The van der Waals surface area contributed by atoms with Crippen molar-refractivity contribution in [2.24, 2.45) is 0 Å². The molecule has 0 aromatic heterocycles. The first kappa shape index (κ1) is 12.7. The molecule has 86 valence electrons. The summed E-state index contributed by atoms with van der Waals surface area (Å²) >= 11 is 0. The Kier molecular flexibility index (Phi) is 5.01. The van der Waals surface area contributed by atoms with Gasteiger partial charge in [0.15, 0.2) is 0 Å². The molecule has 0 saturated heterocycles. The van der Waals surface area contributed by atoms with Crippen molar-refractivity contribution in [2.45, 2.75) is 39.5 Å². The van der Waals surface area contributed by atoms with Crippen molar-refractivity contribution in [3.63, 3.8) is 0 Å². The van der Waals surface area contributed by atoms with Crippen molar-refractivity contribution >= 4 is 0 Å². The zero-order chi connectivity index (χ0) is 12.0. The third-order valence-electron chi connectivity index (χ3n) is 3.00. The van der Waals surface area contributed by atoms with E-state index in [1.54, 1.807) is 6.07 Å². The van der Waals surface area contributed by atoms with E-state index in [4.69, 9.17) is 10.4 Å². The number of aliphatic hydroxyl groups is 1. The zero-order valence-electron chi connectivity index (χ0n) is 10.1. The maximum atomic E-state index is 8.98. The molecule has 1 aliphatic rings. The Bertz CT molecular complexity index is 390. The minimum Gasteiger partial charge on any atom is -0.396 e. The van der Waals surface area contributed by atoms with Gasteiger partial charge in [0.2, 0.25) is 0 Å². The van der Waals surface area contributed by atoms with Crippen LogP contribution in [0.25, 0.3) is 0 Å². The fraction of sp³-hybridized carbons (Fsp3) is 0.500. The smallest absolute Gasteiger partial charge is 0.0587 e. The summed E-state index contributed by atoms with van der Waals surface area (Å²) in [5, 5.41) is 16.3. The summed E-state index contributed by atoms with van der Waals surface area (Å²) in [5.74, 6) is 0. The molecule has 2 rings (SSSR count). The normalized spacial score (nSPS) is 12.4. The second-order valence-electron chi connectivity index (χ2n) is 4.05. The molecule has 2 heteroatoms. The van der Waals surface area contributed by atoms with Crippen LogP contribution in [0, 0.1) is 18.3 Å². The highest BCUT2D eigenvalue weighted by Gasteiger charge is 2.15. The highest BCUT2D eigenvalue weighted by molar-refractivity contribution is 5.43. The topological polar surface area (TPSA) is 44.0 Å². The van der Waals surface area contributed by atoms with Crippen LogP contribution in [0.15, 0.2) is 12.1 Å². The number of aryl methyl sites for hydroxylation is 2. The van der Waals surface area contributed by atoms with Gasteiger partial charge in [0.1, 0.15) is 0 Å². The van der Waals surface area contributed by atoms with Gasteiger partial charge in [-0.15, -0.1) is 0 Å². The molecule has 0 heterocycles. The van der Waals surface area contributed by atoms with Crippen molar-refractivity contribution in [3.05, 3.63) is 34.4 Å². The molecule has 0 bridgehead atoms. The molecule has 1 aromatic carbocycles. The Balaban J connectivity index is 0.000000386. The summed E-state index contributed by atoms with van der Waals surface area (Å²) in [4.78, 5) is 0. The van der Waals surface area contributed by atoms with E-state index in [1.165, 1.54) is 48.4 Å². The molecule has 0 unspecified atom stereocenters. The standard InChI is InChI=1S/C12H16O.C2H3N/c1-9-5-6-10-3-2-4-12(10)11(9)7-8-13;1-2-3/h5-6,13H,2-4,7-8H2,1H3;1H3. The molecule has 0 spiro atoms. The minimum atomic E-state index is 0.275. The van der Waals surface area contributed by atoms with Gasteiger partial charge in [-0.3, -0.25) is 0 Å². The molecule has 1 N–H and O–H groups in total. The first-order chi connectivity index (χ1) is 7.74. The summed E-state index contributed by atoms with van der Waals surface area (Å²) in [6, 6.07) is 6.19. The maximum Gasteiger partial charge on any atom is 0.0587 e. The van der Waals surface area contributed by atoms with Crippen molar-refractivity contribution in [3.8, 4) is 6.07 Å². The molecule has 1 aliphatic carbocycles. The number of hydrogen-bond acceptors (Lipinski definition) is 2. The summed E-state index contributed by atoms with van der Waals surface area (Å²) in [7, 11) is 0. The van der Waals surface area contributed by atoms with E-state index in [2.05, 4.69) is 19.1 Å². The van der Waals surface area contributed by atoms with E-state index in [-0.39, 0.29) is 6.61 Å². The molecule has 16 heavy (non-hydrogen) atoms. The van der Waals surface area contributed by atoms with Crippen molar-refractivity contribution in [2.75, 3.05) is 6.61 Å². The van der Waals surface area contributed by atoms with Gasteiger partial charge in [0.05, 0.1) is 6.07 Å². The Hall–Kier alpha value is -1.33. The lowest BCUT2D eigenvalue weighted by Gasteiger charge is -2.10. The quantitative estimate of drug-likeness (QED) is 0.827. The lowest BCUT2D eigenvalue weighted by atomic mass is 9.96. The molecular weight excluding hydrogens is 198 g/mol. The van der Waals surface area contributed by atoms with Crippen LogP contribution in [-0.4, -0.2) is 11.7 Å². The van der Waals surface area contributed by atoms with Crippen LogP contribution in [-0.2, 0) is 19.3 Å². The fourth-order valence-electron chi connectivity index (χ4n) is 2.32. The molecular formula is C14H19NO. The Morgan fingerprint density at radius 1 is 1.38 bits per heavy atom. The number of rotatable bonds is 2. The van der Waals surface area contributed by atoms with Crippen molar-refractivity contribution in [1.29, 1.82) is 5.26 Å². The molecule has 0 saturated carbocycles. The van der Waals surface area contributed by atoms with Crippen LogP contribution in [0.1, 0.15) is 35.6 Å². The number of nitrogens with zero attached hydrogens (tertiary/aromatic N) is 1. The molecule has 0 aliphatic heterocycles. The van der Waals surface area contributed by atoms with Crippen molar-refractivity contribution in [1.82, 2.24) is 0 Å². The van der Waals surface area contributed by atoms with Crippen LogP contribution in [0.4, 0.5) is 0 Å². The number of hydrogen-bond donors (Lipinski definition) is 1. The van der Waals surface area contributed by atoms with Crippen LogP contribution in [0.5, 0.6) is 0 Å². The number of nitriles is 1. The van der Waals surface area contributed by atoms with E-state index >= 15 is 0 Å². The Labute approximate surface area is 97.5 Å². The summed E-state index contributed by atoms with van der Waals surface area (Å²) < 4.78 is 0. The molecule has 0 atom stereocenters. The van der Waals surface area contributed by atoms with Crippen LogP contribution < -0.4 is 0 Å². The lowest BCUT2D eigenvalue weighted by Crippen LogP contribution is -2.00. The molecule has 0 radical (unpaired) electrons. The van der Waals surface area contributed by atoms with E-state index in [0.717, 1.165) is 6.42 Å². The minimum absolute atomic E-state index is 0.275. The van der Waals surface area contributed by atoms with Crippen LogP contribution >= 0.6 is 0 Å². The van der Waals surface area contributed by atoms with Gasteiger partial charge in [-0.2, -0.15) is 5.26 Å². The average Bonchev–Trinajstić information content (AvgIpc) is 2.72. The number of fused-ring (bicyclic) bond motifs is 1. The fourth-order valence-corrected chi connectivity index (χ4v) is 2.32. The van der Waals surface area contributed by atoms with Crippen LogP contribution in [0.2, 0.25) is 0 Å². The van der Waals surface area contributed by atoms with E-state index in [0.29, 0.717) is 0 Å². The lowest BCUT2D eigenvalue weighted by molar-refractivity contribution is 0.299. The molecule has 2 nitrogen and oxygen atoms in total.